The van der Waals surface area contributed by atoms with Gasteiger partial charge in [-0.15, -0.1) is 0 Å². The van der Waals surface area contributed by atoms with Crippen molar-refractivity contribution in [2.75, 3.05) is 25.1 Å². The maximum absolute atomic E-state index is 15.2. The molecule has 5 rings (SSSR count). The molecule has 2 aromatic carbocycles. The Labute approximate surface area is 230 Å². The van der Waals surface area contributed by atoms with Crippen molar-refractivity contribution in [3.63, 3.8) is 0 Å². The summed E-state index contributed by atoms with van der Waals surface area (Å²) >= 11 is 6.37. The molecule has 204 valence electrons. The fourth-order valence-corrected chi connectivity index (χ4v) is 5.08. The Bertz CT molecular complexity index is 1370. The number of hydrogen-bond donors (Lipinski definition) is 3. The van der Waals surface area contributed by atoms with Crippen molar-refractivity contribution in [3.05, 3.63) is 76.2 Å². The molecule has 2 atom stereocenters. The number of benzene rings is 2. The Morgan fingerprint density at radius 2 is 2.00 bits per heavy atom. The third-order valence-corrected chi connectivity index (χ3v) is 7.20. The first-order valence-corrected chi connectivity index (χ1v) is 13.2. The monoisotopic (exact) mass is 553 g/mol. The molecular formula is C28H29ClFN5O4. The van der Waals surface area contributed by atoms with Crippen molar-refractivity contribution in [3.8, 4) is 11.3 Å². The Morgan fingerprint density at radius 3 is 2.72 bits per heavy atom. The van der Waals surface area contributed by atoms with Crippen LogP contribution in [0, 0.1) is 5.82 Å². The van der Waals surface area contributed by atoms with Gasteiger partial charge in [-0.1, -0.05) is 41.9 Å². The fraction of sp³-hybridized carbons (Fsp3) is 0.357. The van der Waals surface area contributed by atoms with Gasteiger partial charge in [-0.05, 0) is 37.5 Å². The van der Waals surface area contributed by atoms with E-state index >= 15 is 4.39 Å². The fourth-order valence-electron chi connectivity index (χ4n) is 4.88. The summed E-state index contributed by atoms with van der Waals surface area (Å²) in [5.41, 5.74) is 1.74. The van der Waals surface area contributed by atoms with E-state index in [4.69, 9.17) is 16.3 Å². The van der Waals surface area contributed by atoms with Crippen LogP contribution in [0.1, 0.15) is 47.3 Å². The molecule has 2 unspecified atom stereocenters. The maximum atomic E-state index is 15.2. The van der Waals surface area contributed by atoms with Crippen LogP contribution in [0.2, 0.25) is 5.02 Å². The van der Waals surface area contributed by atoms with Crippen molar-refractivity contribution < 1.29 is 23.8 Å². The first-order valence-electron chi connectivity index (χ1n) is 12.8. The lowest BCUT2D eigenvalue weighted by Gasteiger charge is -2.23. The zero-order chi connectivity index (χ0) is 27.5. The van der Waals surface area contributed by atoms with Gasteiger partial charge in [0.2, 0.25) is 11.9 Å². The van der Waals surface area contributed by atoms with Gasteiger partial charge in [0.15, 0.2) is 0 Å². The largest absolute Gasteiger partial charge is 0.391 e. The minimum absolute atomic E-state index is 0.0492. The van der Waals surface area contributed by atoms with Gasteiger partial charge in [-0.2, -0.15) is 0 Å². The smallest absolute Gasteiger partial charge is 0.255 e. The Morgan fingerprint density at radius 1 is 1.26 bits per heavy atom. The molecule has 1 aromatic heterocycles. The van der Waals surface area contributed by atoms with E-state index < -0.39 is 29.8 Å². The molecule has 2 amide bonds. The molecule has 11 heteroatoms. The summed E-state index contributed by atoms with van der Waals surface area (Å²) in [5, 5.41) is 16.5. The molecule has 0 aliphatic carbocycles. The van der Waals surface area contributed by atoms with Crippen LogP contribution >= 0.6 is 11.6 Å². The van der Waals surface area contributed by atoms with Gasteiger partial charge in [0.05, 0.1) is 35.6 Å². The molecule has 3 N–H and O–H groups in total. The number of carbonyl (C=O) groups excluding carboxylic acids is 2. The topological polar surface area (TPSA) is 117 Å². The first-order chi connectivity index (χ1) is 18.8. The van der Waals surface area contributed by atoms with Crippen LogP contribution in [0.4, 0.5) is 10.3 Å². The van der Waals surface area contributed by atoms with E-state index in [1.807, 2.05) is 18.2 Å². The summed E-state index contributed by atoms with van der Waals surface area (Å²) < 4.78 is 20.6. The van der Waals surface area contributed by atoms with Crippen LogP contribution in [0.25, 0.3) is 11.3 Å². The highest BCUT2D eigenvalue weighted by Gasteiger charge is 2.33. The number of nitrogens with zero attached hydrogens (tertiary/aromatic N) is 3. The van der Waals surface area contributed by atoms with Crippen molar-refractivity contribution in [2.45, 2.75) is 44.5 Å². The summed E-state index contributed by atoms with van der Waals surface area (Å²) in [6.07, 6.45) is 2.22. The van der Waals surface area contributed by atoms with Crippen LogP contribution in [0.15, 0.2) is 48.7 Å². The van der Waals surface area contributed by atoms with E-state index in [0.29, 0.717) is 30.4 Å². The number of fused-ring (bicyclic) bond motifs is 1. The predicted molar refractivity (Wildman–Crippen MR) is 144 cm³/mol. The third kappa shape index (κ3) is 6.03. The number of nitrogens with one attached hydrogen (secondary N) is 2. The second kappa shape index (κ2) is 11.6. The average molecular weight is 554 g/mol. The number of carbonyl (C=O) groups is 2. The van der Waals surface area contributed by atoms with Gasteiger partial charge >= 0.3 is 0 Å². The Kier molecular flexibility index (Phi) is 8.06. The lowest BCUT2D eigenvalue weighted by molar-refractivity contribution is -0.123. The Hall–Kier alpha value is -3.60. The number of rotatable bonds is 8. The number of aliphatic hydroxyl groups excluding tert-OH is 1. The normalized spacial score (nSPS) is 17.0. The molecule has 0 saturated carbocycles. The van der Waals surface area contributed by atoms with Crippen molar-refractivity contribution >= 4 is 29.4 Å². The average Bonchev–Trinajstić information content (AvgIpc) is 3.24. The van der Waals surface area contributed by atoms with E-state index in [2.05, 4.69) is 20.6 Å². The lowest BCUT2D eigenvalue weighted by Crippen LogP contribution is -2.41. The molecule has 1 fully saturated rings. The van der Waals surface area contributed by atoms with E-state index in [9.17, 15) is 14.7 Å². The second-order valence-corrected chi connectivity index (χ2v) is 10.2. The molecule has 0 radical (unpaired) electrons. The SMILES string of the molecule is CC(O)C(NC(=O)CN1Cc2c(F)cc(-c3nc(NC4CCOCC4)ncc3Cl)cc2C1=O)c1ccccc1. The van der Waals surface area contributed by atoms with Crippen LogP contribution in [0.3, 0.4) is 0 Å². The van der Waals surface area contributed by atoms with Gasteiger partial charge < -0.3 is 25.4 Å². The molecule has 0 spiro atoms. The molecule has 2 aliphatic heterocycles. The van der Waals surface area contributed by atoms with Gasteiger partial charge in [0, 0.05) is 35.9 Å². The molecule has 3 aromatic rings. The number of ether oxygens (including phenoxy) is 1. The number of amides is 2. The van der Waals surface area contributed by atoms with Gasteiger partial charge in [0.1, 0.15) is 12.4 Å². The second-order valence-electron chi connectivity index (χ2n) is 9.76. The lowest BCUT2D eigenvalue weighted by atomic mass is 10.0. The minimum Gasteiger partial charge on any atom is -0.391 e. The van der Waals surface area contributed by atoms with Gasteiger partial charge in [-0.3, -0.25) is 9.59 Å². The minimum atomic E-state index is -0.855. The van der Waals surface area contributed by atoms with Crippen LogP contribution in [-0.4, -0.2) is 63.7 Å². The van der Waals surface area contributed by atoms with Crippen LogP contribution in [-0.2, 0) is 16.1 Å². The molecule has 39 heavy (non-hydrogen) atoms. The number of halogens is 2. The van der Waals surface area contributed by atoms with E-state index in [1.165, 1.54) is 17.2 Å². The molecule has 9 nitrogen and oxygen atoms in total. The van der Waals surface area contributed by atoms with E-state index in [0.717, 1.165) is 18.4 Å². The molecule has 3 heterocycles. The van der Waals surface area contributed by atoms with Crippen molar-refractivity contribution in [1.29, 1.82) is 0 Å². The van der Waals surface area contributed by atoms with E-state index in [-0.39, 0.29) is 35.3 Å². The van der Waals surface area contributed by atoms with Crippen LogP contribution < -0.4 is 10.6 Å². The van der Waals surface area contributed by atoms with Gasteiger partial charge in [-0.25, -0.2) is 14.4 Å². The molecule has 2 aliphatic rings. The highest BCUT2D eigenvalue weighted by Crippen LogP contribution is 2.33. The van der Waals surface area contributed by atoms with Gasteiger partial charge in [0.25, 0.3) is 5.91 Å². The summed E-state index contributed by atoms with van der Waals surface area (Å²) in [7, 11) is 0. The third-order valence-electron chi connectivity index (χ3n) is 6.93. The highest BCUT2D eigenvalue weighted by molar-refractivity contribution is 6.33. The van der Waals surface area contributed by atoms with Crippen molar-refractivity contribution in [1.82, 2.24) is 20.2 Å². The molecular weight excluding hydrogens is 525 g/mol. The zero-order valence-corrected chi connectivity index (χ0v) is 22.1. The molecule has 0 bridgehead atoms. The molecule has 1 saturated heterocycles. The van der Waals surface area contributed by atoms with E-state index in [1.54, 1.807) is 25.1 Å². The number of anilines is 1. The van der Waals surface area contributed by atoms with Crippen molar-refractivity contribution in [2.24, 2.45) is 0 Å². The summed E-state index contributed by atoms with van der Waals surface area (Å²) in [5.74, 6) is -1.16. The summed E-state index contributed by atoms with van der Waals surface area (Å²) in [6.45, 7) is 2.54. The highest BCUT2D eigenvalue weighted by atomic mass is 35.5. The Balaban J connectivity index is 1.32. The summed E-state index contributed by atoms with van der Waals surface area (Å²) in [4.78, 5) is 36.1. The zero-order valence-electron chi connectivity index (χ0n) is 21.4. The number of aromatic nitrogens is 2. The van der Waals surface area contributed by atoms with Crippen LogP contribution in [0.5, 0.6) is 0 Å². The number of hydrogen-bond acceptors (Lipinski definition) is 7. The quantitative estimate of drug-likeness (QED) is 0.389. The predicted octanol–water partition coefficient (Wildman–Crippen LogP) is 3.72. The first kappa shape index (κ1) is 27.0. The number of aliphatic hydroxyl groups is 1. The summed E-state index contributed by atoms with van der Waals surface area (Å²) in [6, 6.07) is 11.4. The maximum Gasteiger partial charge on any atom is 0.255 e. The standard InChI is InChI=1S/C28H29ClFN5O4/c1-16(36)25(17-5-3-2-4-6-17)33-24(37)15-35-14-21-20(27(35)38)11-18(12-23(21)30)26-22(29)13-31-28(34-26)32-19-7-9-39-10-8-19/h2-6,11-13,16,19,25,36H,7-10,14-15H2,1H3,(H,33,37)(H,31,32,34).